The third-order valence-corrected chi connectivity index (χ3v) is 3.05. The zero-order valence-electron chi connectivity index (χ0n) is 14.8. The number of alkyl carbamates (subject to hydrolysis) is 1. The first kappa shape index (κ1) is 20.4. The molecule has 0 bridgehead atoms. The number of methoxy groups -OCH3 is 2. The van der Waals surface area contributed by atoms with Gasteiger partial charge in [-0.2, -0.15) is 0 Å². The molecule has 0 spiro atoms. The van der Waals surface area contributed by atoms with Crippen LogP contribution in [0.4, 0.5) is 9.18 Å². The maximum atomic E-state index is 13.7. The van der Waals surface area contributed by atoms with Crippen molar-refractivity contribution in [1.82, 2.24) is 5.32 Å². The predicted molar refractivity (Wildman–Crippen MR) is 86.6 cm³/mol. The summed E-state index contributed by atoms with van der Waals surface area (Å²) in [7, 11) is 2.31. The van der Waals surface area contributed by atoms with Gasteiger partial charge in [0.2, 0.25) is 0 Å². The summed E-state index contributed by atoms with van der Waals surface area (Å²) in [6.07, 6.45) is -0.811. The van der Waals surface area contributed by atoms with Gasteiger partial charge in [0.25, 0.3) is 0 Å². The lowest BCUT2D eigenvalue weighted by atomic mass is 10.0. The summed E-state index contributed by atoms with van der Waals surface area (Å²) in [5, 5.41) is 2.40. The van der Waals surface area contributed by atoms with Gasteiger partial charge in [-0.3, -0.25) is 0 Å². The summed E-state index contributed by atoms with van der Waals surface area (Å²) in [6, 6.07) is 2.68. The van der Waals surface area contributed by atoms with Gasteiger partial charge in [-0.1, -0.05) is 6.07 Å². The molecule has 0 saturated carbocycles. The highest BCUT2D eigenvalue weighted by Gasteiger charge is 2.26. The molecule has 0 aromatic heterocycles. The highest BCUT2D eigenvalue weighted by molar-refractivity contribution is 5.90. The number of rotatable bonds is 5. The van der Waals surface area contributed by atoms with Crippen molar-refractivity contribution in [2.45, 2.75) is 38.8 Å². The van der Waals surface area contributed by atoms with Crippen LogP contribution in [0.2, 0.25) is 0 Å². The molecule has 0 aliphatic heterocycles. The Morgan fingerprint density at radius 2 is 1.80 bits per heavy atom. The summed E-state index contributed by atoms with van der Waals surface area (Å²) >= 11 is 0. The Morgan fingerprint density at radius 3 is 2.32 bits per heavy atom. The van der Waals surface area contributed by atoms with Crippen molar-refractivity contribution in [3.05, 3.63) is 35.1 Å². The number of nitrogens with one attached hydrogen (secondary N) is 1. The average molecular weight is 355 g/mol. The number of hydrogen-bond acceptors (Lipinski definition) is 6. The minimum Gasteiger partial charge on any atom is -0.467 e. The maximum Gasteiger partial charge on any atom is 0.408 e. The van der Waals surface area contributed by atoms with E-state index in [0.29, 0.717) is 5.56 Å². The SMILES string of the molecule is COC(=O)c1cc(C[C@H](NC(=O)OC(C)(C)C)C(=O)OC)ccc1F. The second-order valence-electron chi connectivity index (χ2n) is 6.23. The molecule has 0 aliphatic carbocycles. The van der Waals surface area contributed by atoms with E-state index in [9.17, 15) is 18.8 Å². The molecule has 0 saturated heterocycles. The van der Waals surface area contributed by atoms with Crippen LogP contribution in [0.5, 0.6) is 0 Å². The normalized spacial score (nSPS) is 12.1. The van der Waals surface area contributed by atoms with Crippen molar-refractivity contribution >= 4 is 18.0 Å². The second kappa shape index (κ2) is 8.46. The van der Waals surface area contributed by atoms with Crippen molar-refractivity contribution in [3.8, 4) is 0 Å². The topological polar surface area (TPSA) is 90.9 Å². The minimum atomic E-state index is -1.06. The van der Waals surface area contributed by atoms with Gasteiger partial charge < -0.3 is 19.5 Å². The first-order chi connectivity index (χ1) is 11.6. The van der Waals surface area contributed by atoms with E-state index in [-0.39, 0.29) is 12.0 Å². The smallest absolute Gasteiger partial charge is 0.408 e. The molecule has 8 heteroatoms. The van der Waals surface area contributed by atoms with E-state index in [1.807, 2.05) is 0 Å². The average Bonchev–Trinajstić information content (AvgIpc) is 2.52. The molecule has 138 valence electrons. The van der Waals surface area contributed by atoms with Crippen LogP contribution in [-0.4, -0.2) is 43.9 Å². The summed E-state index contributed by atoms with van der Waals surface area (Å²) in [5.74, 6) is -2.28. The molecule has 7 nitrogen and oxygen atoms in total. The van der Waals surface area contributed by atoms with Crippen LogP contribution in [0, 0.1) is 5.82 Å². The number of carbonyl (C=O) groups is 3. The van der Waals surface area contributed by atoms with Gasteiger partial charge in [0.1, 0.15) is 17.5 Å². The van der Waals surface area contributed by atoms with Crippen molar-refractivity contribution in [3.63, 3.8) is 0 Å². The predicted octanol–water partition coefficient (Wildman–Crippen LogP) is 2.22. The molecule has 1 amide bonds. The molecule has 0 radical (unpaired) electrons. The Balaban J connectivity index is 2.98. The molecular formula is C17H22FNO6. The van der Waals surface area contributed by atoms with Gasteiger partial charge in [-0.15, -0.1) is 0 Å². The van der Waals surface area contributed by atoms with Crippen LogP contribution >= 0.6 is 0 Å². The molecule has 0 aliphatic rings. The van der Waals surface area contributed by atoms with Crippen LogP contribution in [-0.2, 0) is 25.4 Å². The van der Waals surface area contributed by atoms with Gasteiger partial charge in [0, 0.05) is 6.42 Å². The second-order valence-corrected chi connectivity index (χ2v) is 6.23. The molecule has 1 atom stereocenters. The van der Waals surface area contributed by atoms with Crippen LogP contribution in [0.25, 0.3) is 0 Å². The summed E-state index contributed by atoms with van der Waals surface area (Å²) in [5.41, 5.74) is -0.562. The third kappa shape index (κ3) is 6.40. The molecule has 1 N–H and O–H groups in total. The standard InChI is InChI=1S/C17H22FNO6/c1-17(2,3)25-16(22)19-13(15(21)24-5)9-10-6-7-12(18)11(8-10)14(20)23-4/h6-8,13H,9H2,1-5H3,(H,19,22)/t13-/m0/s1. The van der Waals surface area contributed by atoms with E-state index in [4.69, 9.17) is 4.74 Å². The van der Waals surface area contributed by atoms with Gasteiger partial charge in [-0.05, 0) is 38.5 Å². The molecule has 0 fully saturated rings. The molecule has 25 heavy (non-hydrogen) atoms. The molecular weight excluding hydrogens is 333 g/mol. The quantitative estimate of drug-likeness (QED) is 0.643. The van der Waals surface area contributed by atoms with E-state index in [2.05, 4.69) is 14.8 Å². The number of amides is 1. The van der Waals surface area contributed by atoms with Crippen LogP contribution in [0.3, 0.4) is 0 Å². The van der Waals surface area contributed by atoms with Gasteiger partial charge >= 0.3 is 18.0 Å². The Labute approximate surface area is 145 Å². The fourth-order valence-electron chi connectivity index (χ4n) is 1.99. The molecule has 0 heterocycles. The minimum absolute atomic E-state index is 0.0177. The number of carbonyl (C=O) groups excluding carboxylic acids is 3. The van der Waals surface area contributed by atoms with Crippen molar-refractivity contribution in [2.24, 2.45) is 0 Å². The van der Waals surface area contributed by atoms with Crippen LogP contribution < -0.4 is 5.32 Å². The first-order valence-corrected chi connectivity index (χ1v) is 7.51. The number of ether oxygens (including phenoxy) is 3. The van der Waals surface area contributed by atoms with Crippen molar-refractivity contribution in [1.29, 1.82) is 0 Å². The number of esters is 2. The fraction of sp³-hybridized carbons (Fsp3) is 0.471. The first-order valence-electron chi connectivity index (χ1n) is 7.51. The third-order valence-electron chi connectivity index (χ3n) is 3.05. The zero-order valence-corrected chi connectivity index (χ0v) is 14.8. The van der Waals surface area contributed by atoms with Crippen molar-refractivity contribution in [2.75, 3.05) is 14.2 Å². The lowest BCUT2D eigenvalue weighted by molar-refractivity contribution is -0.143. The Kier molecular flexibility index (Phi) is 6.90. The van der Waals surface area contributed by atoms with Crippen molar-refractivity contribution < 1.29 is 33.0 Å². The number of halogens is 1. The zero-order chi connectivity index (χ0) is 19.2. The van der Waals surface area contributed by atoms with Crippen LogP contribution in [0.15, 0.2) is 18.2 Å². The highest BCUT2D eigenvalue weighted by Crippen LogP contribution is 2.14. The Bertz CT molecular complexity index is 653. The van der Waals surface area contributed by atoms with E-state index < -0.39 is 35.5 Å². The van der Waals surface area contributed by atoms with E-state index in [1.54, 1.807) is 20.8 Å². The summed E-state index contributed by atoms with van der Waals surface area (Å²) in [4.78, 5) is 35.3. The molecule has 1 rings (SSSR count). The van der Waals surface area contributed by atoms with E-state index in [0.717, 1.165) is 13.2 Å². The van der Waals surface area contributed by atoms with E-state index >= 15 is 0 Å². The van der Waals surface area contributed by atoms with Gasteiger partial charge in [0.05, 0.1) is 19.8 Å². The van der Waals surface area contributed by atoms with Gasteiger partial charge in [0.15, 0.2) is 0 Å². The Hall–Kier alpha value is -2.64. The van der Waals surface area contributed by atoms with Gasteiger partial charge in [-0.25, -0.2) is 18.8 Å². The summed E-state index contributed by atoms with van der Waals surface area (Å²) in [6.45, 7) is 5.05. The van der Waals surface area contributed by atoms with E-state index in [1.165, 1.54) is 19.2 Å². The lowest BCUT2D eigenvalue weighted by Crippen LogP contribution is -2.45. The Morgan fingerprint density at radius 1 is 1.16 bits per heavy atom. The van der Waals surface area contributed by atoms with Crippen LogP contribution in [0.1, 0.15) is 36.7 Å². The number of hydrogen-bond donors (Lipinski definition) is 1. The molecule has 1 aromatic rings. The lowest BCUT2D eigenvalue weighted by Gasteiger charge is -2.22. The monoisotopic (exact) mass is 355 g/mol. The molecule has 1 aromatic carbocycles. The largest absolute Gasteiger partial charge is 0.467 e. The summed E-state index contributed by atoms with van der Waals surface area (Å²) < 4.78 is 28.0. The number of benzene rings is 1. The maximum absolute atomic E-state index is 13.7. The fourth-order valence-corrected chi connectivity index (χ4v) is 1.99. The molecule has 0 unspecified atom stereocenters. The highest BCUT2D eigenvalue weighted by atomic mass is 19.1.